The van der Waals surface area contributed by atoms with E-state index in [-0.39, 0.29) is 5.91 Å². The molecule has 0 saturated carbocycles. The SMILES string of the molecule is CCCn1nc(NC(=O)c2cc(OCC)c(OCC)c(OCC)c2)c2cc3cc(OC)ccc3nc21. The molecule has 0 bridgehead atoms. The summed E-state index contributed by atoms with van der Waals surface area (Å²) in [6.45, 7) is 9.67. The van der Waals surface area contributed by atoms with Crippen molar-refractivity contribution in [2.24, 2.45) is 0 Å². The lowest BCUT2D eigenvalue weighted by atomic mass is 10.1. The lowest BCUT2D eigenvalue weighted by Gasteiger charge is -2.17. The Kier molecular flexibility index (Phi) is 7.77. The lowest BCUT2D eigenvalue weighted by Crippen LogP contribution is -2.14. The van der Waals surface area contributed by atoms with Gasteiger partial charge in [-0.25, -0.2) is 9.67 Å². The van der Waals surface area contributed by atoms with Gasteiger partial charge in [-0.1, -0.05) is 6.92 Å². The number of fused-ring (bicyclic) bond motifs is 2. The molecule has 1 amide bonds. The second kappa shape index (κ2) is 11.2. The molecule has 2 heterocycles. The third-order valence-corrected chi connectivity index (χ3v) is 5.56. The van der Waals surface area contributed by atoms with Crippen LogP contribution in [0.15, 0.2) is 36.4 Å². The largest absolute Gasteiger partial charge is 0.497 e. The molecular weight excluding hydrogens is 460 g/mol. The van der Waals surface area contributed by atoms with Gasteiger partial charge in [-0.3, -0.25) is 4.79 Å². The van der Waals surface area contributed by atoms with Crippen molar-refractivity contribution in [1.82, 2.24) is 14.8 Å². The van der Waals surface area contributed by atoms with Crippen molar-refractivity contribution in [3.63, 3.8) is 0 Å². The molecule has 0 radical (unpaired) electrons. The third kappa shape index (κ3) is 5.00. The van der Waals surface area contributed by atoms with Crippen LogP contribution in [0, 0.1) is 0 Å². The van der Waals surface area contributed by atoms with Crippen LogP contribution in [0.4, 0.5) is 5.82 Å². The number of nitrogens with zero attached hydrogens (tertiary/aromatic N) is 3. The number of carbonyl (C=O) groups excluding carboxylic acids is 1. The van der Waals surface area contributed by atoms with Crippen molar-refractivity contribution in [3.05, 3.63) is 42.0 Å². The van der Waals surface area contributed by atoms with Gasteiger partial charge in [-0.05, 0) is 63.6 Å². The van der Waals surface area contributed by atoms with Gasteiger partial charge in [-0.2, -0.15) is 5.10 Å². The highest BCUT2D eigenvalue weighted by atomic mass is 16.5. The Balaban J connectivity index is 1.77. The van der Waals surface area contributed by atoms with E-state index in [2.05, 4.69) is 17.3 Å². The van der Waals surface area contributed by atoms with E-state index in [9.17, 15) is 4.79 Å². The first-order chi connectivity index (χ1) is 17.5. The van der Waals surface area contributed by atoms with E-state index in [0.717, 1.165) is 28.5 Å². The molecule has 0 atom stereocenters. The smallest absolute Gasteiger partial charge is 0.257 e. The zero-order valence-corrected chi connectivity index (χ0v) is 21.4. The number of aromatic nitrogens is 3. The second-order valence-electron chi connectivity index (χ2n) is 8.04. The molecule has 0 spiro atoms. The van der Waals surface area contributed by atoms with Crippen molar-refractivity contribution in [2.45, 2.75) is 40.7 Å². The Bertz CT molecular complexity index is 1350. The van der Waals surface area contributed by atoms with Gasteiger partial charge in [0.05, 0.1) is 37.8 Å². The summed E-state index contributed by atoms with van der Waals surface area (Å²) in [6.07, 6.45) is 0.876. The number of pyridine rings is 1. The number of benzene rings is 2. The van der Waals surface area contributed by atoms with E-state index in [0.29, 0.717) is 60.6 Å². The van der Waals surface area contributed by atoms with Crippen molar-refractivity contribution >= 4 is 33.7 Å². The first-order valence-electron chi connectivity index (χ1n) is 12.3. The number of ether oxygens (including phenoxy) is 4. The molecule has 9 heteroatoms. The van der Waals surface area contributed by atoms with E-state index < -0.39 is 0 Å². The van der Waals surface area contributed by atoms with Crippen LogP contribution in [0.5, 0.6) is 23.0 Å². The zero-order chi connectivity index (χ0) is 25.7. The summed E-state index contributed by atoms with van der Waals surface area (Å²) in [7, 11) is 1.63. The van der Waals surface area contributed by atoms with Crippen molar-refractivity contribution < 1.29 is 23.7 Å². The van der Waals surface area contributed by atoms with Crippen LogP contribution in [0.2, 0.25) is 0 Å². The molecule has 190 valence electrons. The number of aryl methyl sites for hydroxylation is 1. The molecule has 1 N–H and O–H groups in total. The standard InChI is InChI=1S/C27H32N4O5/c1-6-12-31-26-20(14-17-13-19(33-5)10-11-21(17)28-26)25(30-31)29-27(32)18-15-22(34-7-2)24(36-9-4)23(16-18)35-8-3/h10-11,13-16H,6-9,12H2,1-5H3,(H,29,30,32). The van der Waals surface area contributed by atoms with E-state index in [1.165, 1.54) is 0 Å². The van der Waals surface area contributed by atoms with Crippen molar-refractivity contribution in [1.29, 1.82) is 0 Å². The molecule has 2 aromatic heterocycles. The molecule has 36 heavy (non-hydrogen) atoms. The number of methoxy groups -OCH3 is 1. The molecule has 0 unspecified atom stereocenters. The highest BCUT2D eigenvalue weighted by Crippen LogP contribution is 2.39. The lowest BCUT2D eigenvalue weighted by molar-refractivity contribution is 0.102. The molecule has 0 aliphatic rings. The van der Waals surface area contributed by atoms with Gasteiger partial charge in [0.15, 0.2) is 23.0 Å². The number of anilines is 1. The summed E-state index contributed by atoms with van der Waals surface area (Å²) in [4.78, 5) is 18.2. The van der Waals surface area contributed by atoms with Gasteiger partial charge >= 0.3 is 0 Å². The van der Waals surface area contributed by atoms with Crippen LogP contribution in [0.1, 0.15) is 44.5 Å². The number of carbonyl (C=O) groups is 1. The number of amides is 1. The Morgan fingerprint density at radius 1 is 0.944 bits per heavy atom. The summed E-state index contributed by atoms with van der Waals surface area (Å²) >= 11 is 0. The topological polar surface area (TPSA) is 96.7 Å². The maximum Gasteiger partial charge on any atom is 0.257 e. The van der Waals surface area contributed by atoms with Gasteiger partial charge in [0, 0.05) is 17.5 Å². The minimum Gasteiger partial charge on any atom is -0.497 e. The van der Waals surface area contributed by atoms with Gasteiger partial charge < -0.3 is 24.3 Å². The van der Waals surface area contributed by atoms with Crippen LogP contribution in [0.25, 0.3) is 21.9 Å². The molecule has 0 fully saturated rings. The first-order valence-corrected chi connectivity index (χ1v) is 12.3. The summed E-state index contributed by atoms with van der Waals surface area (Å²) in [5.74, 6) is 2.23. The molecule has 0 saturated heterocycles. The quantitative estimate of drug-likeness (QED) is 0.297. The first kappa shape index (κ1) is 25.1. The minimum absolute atomic E-state index is 0.339. The normalized spacial score (nSPS) is 11.0. The van der Waals surface area contributed by atoms with Gasteiger partial charge in [0.25, 0.3) is 5.91 Å². The molecule has 4 aromatic rings. The van der Waals surface area contributed by atoms with E-state index in [4.69, 9.17) is 23.9 Å². The number of hydrogen-bond donors (Lipinski definition) is 1. The predicted molar refractivity (Wildman–Crippen MR) is 140 cm³/mol. The fraction of sp³-hybridized carbons (Fsp3) is 0.370. The maximum atomic E-state index is 13.4. The fourth-order valence-corrected chi connectivity index (χ4v) is 4.02. The summed E-state index contributed by atoms with van der Waals surface area (Å²) < 4.78 is 24.5. The molecule has 2 aromatic carbocycles. The number of hydrogen-bond acceptors (Lipinski definition) is 7. The van der Waals surface area contributed by atoms with E-state index in [1.807, 2.05) is 49.7 Å². The fourth-order valence-electron chi connectivity index (χ4n) is 4.02. The highest BCUT2D eigenvalue weighted by Gasteiger charge is 2.21. The van der Waals surface area contributed by atoms with Crippen LogP contribution >= 0.6 is 0 Å². The number of nitrogens with one attached hydrogen (secondary N) is 1. The second-order valence-corrected chi connectivity index (χ2v) is 8.04. The van der Waals surface area contributed by atoms with Crippen molar-refractivity contribution in [3.8, 4) is 23.0 Å². The Morgan fingerprint density at radius 2 is 1.64 bits per heavy atom. The monoisotopic (exact) mass is 492 g/mol. The average molecular weight is 493 g/mol. The summed E-state index contributed by atoms with van der Waals surface area (Å²) in [5.41, 5.74) is 1.91. The van der Waals surface area contributed by atoms with E-state index in [1.54, 1.807) is 19.2 Å². The summed E-state index contributed by atoms with van der Waals surface area (Å²) in [6, 6.07) is 11.0. The molecule has 0 aliphatic heterocycles. The molecular formula is C27H32N4O5. The van der Waals surface area contributed by atoms with Gasteiger partial charge in [0.2, 0.25) is 5.75 Å². The Labute approximate surface area is 210 Å². The van der Waals surface area contributed by atoms with E-state index >= 15 is 0 Å². The molecule has 0 aliphatic carbocycles. The Morgan fingerprint density at radius 3 is 2.25 bits per heavy atom. The third-order valence-electron chi connectivity index (χ3n) is 5.56. The van der Waals surface area contributed by atoms with Crippen molar-refractivity contribution in [2.75, 3.05) is 32.2 Å². The van der Waals surface area contributed by atoms with Gasteiger partial charge in [0.1, 0.15) is 5.75 Å². The maximum absolute atomic E-state index is 13.4. The van der Waals surface area contributed by atoms with Crippen LogP contribution in [0.3, 0.4) is 0 Å². The minimum atomic E-state index is -0.339. The summed E-state index contributed by atoms with van der Waals surface area (Å²) in [5, 5.41) is 9.29. The van der Waals surface area contributed by atoms with Crippen LogP contribution in [-0.2, 0) is 6.54 Å². The molecule has 4 rings (SSSR count). The Hall–Kier alpha value is -4.01. The predicted octanol–water partition coefficient (Wildman–Crippen LogP) is 5.45. The highest BCUT2D eigenvalue weighted by molar-refractivity contribution is 6.09. The average Bonchev–Trinajstić information content (AvgIpc) is 3.20. The van der Waals surface area contributed by atoms with Crippen LogP contribution < -0.4 is 24.3 Å². The molecule has 9 nitrogen and oxygen atoms in total. The zero-order valence-electron chi connectivity index (χ0n) is 21.4. The van der Waals surface area contributed by atoms with Crippen LogP contribution in [-0.4, -0.2) is 47.6 Å². The van der Waals surface area contributed by atoms with Gasteiger partial charge in [-0.15, -0.1) is 0 Å². The number of rotatable bonds is 11.